The van der Waals surface area contributed by atoms with Crippen LogP contribution in [0.2, 0.25) is 0 Å². The first-order valence-corrected chi connectivity index (χ1v) is 8.50. The molecule has 0 spiro atoms. The van der Waals surface area contributed by atoms with Crippen LogP contribution in [0.3, 0.4) is 0 Å². The van der Waals surface area contributed by atoms with Crippen LogP contribution < -0.4 is 9.46 Å². The van der Waals surface area contributed by atoms with Gasteiger partial charge in [-0.05, 0) is 49.2 Å². The number of nitrogens with one attached hydrogen (secondary N) is 1. The normalized spacial score (nSPS) is 11.6. The first-order valence-electron chi connectivity index (χ1n) is 7.01. The SMILES string of the molecule is COc1cc(C)c(S(=O)(=O)Nc2ccc3nccn3c2)c(C)c1. The number of imidazole rings is 1. The predicted molar refractivity (Wildman–Crippen MR) is 88.5 cm³/mol. The number of pyridine rings is 1. The minimum absolute atomic E-state index is 0.268. The molecule has 6 nitrogen and oxygen atoms in total. The molecule has 0 saturated carbocycles. The van der Waals surface area contributed by atoms with E-state index in [4.69, 9.17) is 4.74 Å². The van der Waals surface area contributed by atoms with E-state index < -0.39 is 10.0 Å². The maximum atomic E-state index is 12.7. The highest BCUT2D eigenvalue weighted by Crippen LogP contribution is 2.27. The summed E-state index contributed by atoms with van der Waals surface area (Å²) in [5.41, 5.74) is 2.51. The third-order valence-corrected chi connectivity index (χ3v) is 5.27. The fourth-order valence-corrected chi connectivity index (χ4v) is 4.14. The zero-order valence-corrected chi connectivity index (χ0v) is 13.9. The number of sulfonamides is 1. The number of fused-ring (bicyclic) bond motifs is 1. The average molecular weight is 331 g/mol. The van der Waals surface area contributed by atoms with Crippen molar-refractivity contribution in [3.05, 3.63) is 54.0 Å². The maximum Gasteiger partial charge on any atom is 0.262 e. The van der Waals surface area contributed by atoms with Gasteiger partial charge in [0.05, 0.1) is 17.7 Å². The second-order valence-electron chi connectivity index (χ2n) is 5.31. The van der Waals surface area contributed by atoms with Gasteiger partial charge >= 0.3 is 0 Å². The molecule has 0 atom stereocenters. The van der Waals surface area contributed by atoms with E-state index in [1.54, 1.807) is 68.2 Å². The van der Waals surface area contributed by atoms with Crippen LogP contribution in [0.4, 0.5) is 5.69 Å². The Balaban J connectivity index is 2.01. The van der Waals surface area contributed by atoms with Gasteiger partial charge in [-0.25, -0.2) is 13.4 Å². The van der Waals surface area contributed by atoms with Crippen LogP contribution in [0.25, 0.3) is 5.65 Å². The van der Waals surface area contributed by atoms with Gasteiger partial charge in [0.1, 0.15) is 11.4 Å². The zero-order chi connectivity index (χ0) is 16.6. The van der Waals surface area contributed by atoms with E-state index in [1.807, 2.05) is 0 Å². The van der Waals surface area contributed by atoms with Crippen molar-refractivity contribution in [2.45, 2.75) is 18.7 Å². The van der Waals surface area contributed by atoms with Gasteiger partial charge in [0.25, 0.3) is 10.0 Å². The lowest BCUT2D eigenvalue weighted by Gasteiger charge is -2.14. The van der Waals surface area contributed by atoms with Crippen molar-refractivity contribution >= 4 is 21.4 Å². The Kier molecular flexibility index (Phi) is 3.73. The van der Waals surface area contributed by atoms with Crippen molar-refractivity contribution in [1.82, 2.24) is 9.38 Å². The highest BCUT2D eigenvalue weighted by Gasteiger charge is 2.20. The van der Waals surface area contributed by atoms with Gasteiger partial charge in [0.15, 0.2) is 0 Å². The molecule has 120 valence electrons. The molecular formula is C16H17N3O3S. The highest BCUT2D eigenvalue weighted by molar-refractivity contribution is 7.92. The van der Waals surface area contributed by atoms with Gasteiger partial charge in [0.2, 0.25) is 0 Å². The molecule has 0 unspecified atom stereocenters. The summed E-state index contributed by atoms with van der Waals surface area (Å²) < 4.78 is 35.0. The molecule has 2 heterocycles. The largest absolute Gasteiger partial charge is 0.497 e. The molecule has 7 heteroatoms. The topological polar surface area (TPSA) is 72.7 Å². The lowest BCUT2D eigenvalue weighted by Crippen LogP contribution is -2.16. The van der Waals surface area contributed by atoms with E-state index in [2.05, 4.69) is 9.71 Å². The Hall–Kier alpha value is -2.54. The number of anilines is 1. The van der Waals surface area contributed by atoms with Crippen molar-refractivity contribution < 1.29 is 13.2 Å². The quantitative estimate of drug-likeness (QED) is 0.798. The lowest BCUT2D eigenvalue weighted by atomic mass is 10.1. The molecule has 3 rings (SSSR count). The van der Waals surface area contributed by atoms with Gasteiger partial charge in [-0.1, -0.05) is 0 Å². The Labute approximate surface area is 134 Å². The fourth-order valence-electron chi connectivity index (χ4n) is 2.64. The average Bonchev–Trinajstić information content (AvgIpc) is 2.93. The molecule has 0 amide bonds. The third-order valence-electron chi connectivity index (χ3n) is 3.58. The summed E-state index contributed by atoms with van der Waals surface area (Å²) >= 11 is 0. The van der Waals surface area contributed by atoms with Crippen molar-refractivity contribution in [1.29, 1.82) is 0 Å². The van der Waals surface area contributed by atoms with E-state index in [0.29, 0.717) is 22.6 Å². The molecule has 1 N–H and O–H groups in total. The summed E-state index contributed by atoms with van der Waals surface area (Å²) in [5.74, 6) is 0.638. The molecule has 0 bridgehead atoms. The van der Waals surface area contributed by atoms with Crippen LogP contribution >= 0.6 is 0 Å². The van der Waals surface area contributed by atoms with E-state index in [0.717, 1.165) is 5.65 Å². The first-order chi connectivity index (χ1) is 10.9. The number of aromatic nitrogens is 2. The molecular weight excluding hydrogens is 314 g/mol. The minimum atomic E-state index is -3.69. The second kappa shape index (κ2) is 5.58. The number of benzene rings is 1. The van der Waals surface area contributed by atoms with Crippen molar-refractivity contribution in [2.24, 2.45) is 0 Å². The van der Waals surface area contributed by atoms with Crippen molar-refractivity contribution in [3.63, 3.8) is 0 Å². The molecule has 0 radical (unpaired) electrons. The number of rotatable bonds is 4. The molecule has 23 heavy (non-hydrogen) atoms. The number of hydrogen-bond donors (Lipinski definition) is 1. The van der Waals surface area contributed by atoms with Crippen LogP contribution in [-0.4, -0.2) is 24.9 Å². The number of aryl methyl sites for hydroxylation is 2. The van der Waals surface area contributed by atoms with Crippen LogP contribution in [0.15, 0.2) is 47.8 Å². The van der Waals surface area contributed by atoms with E-state index in [1.165, 1.54) is 0 Å². The molecule has 0 aliphatic heterocycles. The molecule has 0 fully saturated rings. The molecule has 0 aliphatic rings. The Morgan fingerprint density at radius 2 is 1.87 bits per heavy atom. The Morgan fingerprint density at radius 3 is 2.52 bits per heavy atom. The molecule has 3 aromatic rings. The van der Waals surface area contributed by atoms with Crippen LogP contribution in [0, 0.1) is 13.8 Å². The van der Waals surface area contributed by atoms with Gasteiger partial charge in [-0.15, -0.1) is 0 Å². The highest BCUT2D eigenvalue weighted by atomic mass is 32.2. The van der Waals surface area contributed by atoms with Crippen LogP contribution in [0.1, 0.15) is 11.1 Å². The summed E-state index contributed by atoms with van der Waals surface area (Å²) in [5, 5.41) is 0. The van der Waals surface area contributed by atoms with E-state index >= 15 is 0 Å². The Morgan fingerprint density at radius 1 is 1.17 bits per heavy atom. The number of hydrogen-bond acceptors (Lipinski definition) is 4. The van der Waals surface area contributed by atoms with Crippen molar-refractivity contribution in [3.8, 4) is 5.75 Å². The lowest BCUT2D eigenvalue weighted by molar-refractivity contribution is 0.413. The fraction of sp³-hybridized carbons (Fsp3) is 0.188. The van der Waals surface area contributed by atoms with Gasteiger partial charge in [-0.2, -0.15) is 0 Å². The van der Waals surface area contributed by atoms with Crippen LogP contribution in [-0.2, 0) is 10.0 Å². The zero-order valence-electron chi connectivity index (χ0n) is 13.1. The maximum absolute atomic E-state index is 12.7. The predicted octanol–water partition coefficient (Wildman–Crippen LogP) is 2.76. The van der Waals surface area contributed by atoms with Gasteiger partial charge < -0.3 is 9.14 Å². The smallest absolute Gasteiger partial charge is 0.262 e. The molecule has 1 aromatic carbocycles. The number of methoxy groups -OCH3 is 1. The summed E-state index contributed by atoms with van der Waals surface area (Å²) in [7, 11) is -2.13. The van der Waals surface area contributed by atoms with Crippen molar-refractivity contribution in [2.75, 3.05) is 11.8 Å². The first kappa shape index (κ1) is 15.4. The Bertz CT molecular complexity index is 954. The number of ether oxygens (including phenoxy) is 1. The van der Waals surface area contributed by atoms with E-state index in [9.17, 15) is 8.42 Å². The molecule has 0 aliphatic carbocycles. The minimum Gasteiger partial charge on any atom is -0.497 e. The van der Waals surface area contributed by atoms with E-state index in [-0.39, 0.29) is 4.90 Å². The molecule has 2 aromatic heterocycles. The standard InChI is InChI=1S/C16H17N3O3S/c1-11-8-14(22-3)9-12(2)16(11)23(20,21)18-13-4-5-15-17-6-7-19(15)10-13/h4-10,18H,1-3H3. The summed E-state index contributed by atoms with van der Waals surface area (Å²) in [6, 6.07) is 6.86. The number of nitrogens with zero attached hydrogens (tertiary/aromatic N) is 2. The molecule has 0 saturated heterocycles. The van der Waals surface area contributed by atoms with Gasteiger partial charge in [0, 0.05) is 18.6 Å². The monoisotopic (exact) mass is 331 g/mol. The summed E-state index contributed by atoms with van der Waals surface area (Å²) in [6.07, 6.45) is 5.11. The summed E-state index contributed by atoms with van der Waals surface area (Å²) in [6.45, 7) is 3.51. The second-order valence-corrected chi connectivity index (χ2v) is 6.93. The third kappa shape index (κ3) is 2.87. The van der Waals surface area contributed by atoms with Crippen LogP contribution in [0.5, 0.6) is 5.75 Å². The summed E-state index contributed by atoms with van der Waals surface area (Å²) in [4.78, 5) is 4.40. The van der Waals surface area contributed by atoms with Gasteiger partial charge in [-0.3, -0.25) is 4.72 Å².